The van der Waals surface area contributed by atoms with Crippen molar-refractivity contribution in [3.05, 3.63) is 59.7 Å². The molecule has 0 amide bonds. The Labute approximate surface area is 367 Å². The lowest BCUT2D eigenvalue weighted by molar-refractivity contribution is 0.504. The molecule has 10 nitrogen and oxygen atoms in total. The number of piperidine rings is 5. The predicted molar refractivity (Wildman–Crippen MR) is 255 cm³/mol. The second-order valence-electron chi connectivity index (χ2n) is 19.2. The number of benzene rings is 1. The molecule has 4 saturated carbocycles. The van der Waals surface area contributed by atoms with Crippen LogP contribution in [0, 0.1) is 29.6 Å². The minimum atomic E-state index is 0.921. The predicted octanol–water partition coefficient (Wildman–Crippen LogP) is 4.80. The van der Waals surface area contributed by atoms with E-state index in [1.165, 1.54) is 179 Å². The summed E-state index contributed by atoms with van der Waals surface area (Å²) in [6, 6.07) is 11.4. The first-order chi connectivity index (χ1) is 29.8. The van der Waals surface area contributed by atoms with E-state index in [9.17, 15) is 0 Å². The van der Waals surface area contributed by atoms with E-state index in [1.54, 1.807) is 0 Å². The lowest BCUT2D eigenvalue weighted by atomic mass is 10.1. The highest BCUT2D eigenvalue weighted by Crippen LogP contribution is 2.40. The molecule has 4 aliphatic carbocycles. The van der Waals surface area contributed by atoms with Gasteiger partial charge in [0.25, 0.3) is 0 Å². The third-order valence-corrected chi connectivity index (χ3v) is 14.0. The van der Waals surface area contributed by atoms with Crippen LogP contribution >= 0.6 is 0 Å². The summed E-state index contributed by atoms with van der Waals surface area (Å²) in [6.07, 6.45) is 30.0. The van der Waals surface area contributed by atoms with Gasteiger partial charge in [-0.25, -0.2) is 0 Å². The molecule has 1 aromatic rings. The Hall–Kier alpha value is -1.70. The van der Waals surface area contributed by atoms with Crippen LogP contribution < -0.4 is 53.2 Å². The number of hydrogen-bond acceptors (Lipinski definition) is 10. The van der Waals surface area contributed by atoms with Crippen molar-refractivity contribution in [3.8, 4) is 0 Å². The molecular weight excluding hydrogens is 741 g/mol. The minimum absolute atomic E-state index is 0.921. The van der Waals surface area contributed by atoms with E-state index in [0.717, 1.165) is 87.0 Å². The molecule has 10 heteroatoms. The van der Waals surface area contributed by atoms with Gasteiger partial charge in [-0.05, 0) is 209 Å². The molecule has 340 valence electrons. The van der Waals surface area contributed by atoms with Crippen LogP contribution in [0.25, 0.3) is 0 Å². The first-order valence-corrected chi connectivity index (χ1v) is 25.3. The van der Waals surface area contributed by atoms with Gasteiger partial charge >= 0.3 is 0 Å². The average molecular weight is 831 g/mol. The maximum atomic E-state index is 3.46. The lowest BCUT2D eigenvalue weighted by Gasteiger charge is -2.09. The summed E-state index contributed by atoms with van der Waals surface area (Å²) < 4.78 is 0. The fraction of sp³-hybridized carbons (Fsp3) is 0.800. The molecule has 0 spiro atoms. The summed E-state index contributed by atoms with van der Waals surface area (Å²) in [5.41, 5.74) is 2.91. The zero-order chi connectivity index (χ0) is 41.1. The third-order valence-electron chi connectivity index (χ3n) is 14.0. The van der Waals surface area contributed by atoms with Crippen LogP contribution in [0.4, 0.5) is 0 Å². The molecule has 10 heterocycles. The van der Waals surface area contributed by atoms with Gasteiger partial charge in [-0.3, -0.25) is 0 Å². The molecule has 0 unspecified atom stereocenters. The number of nitrogens with one attached hydrogen (secondary N) is 10. The SMILES string of the molecule is C1=CCNC1.C1=CCNCC1.C1CCNC1.C1CCNCC1.C1CNC1.C1C[C@@H]2C[C@@H]2N1.C1C[C@@H]2C[C@H]1CN2.C1C[C@H]2C[C@H]2N1.C1NC[C@H]2C[C@@H]12.c1ccc2c(c1)CNC2. The van der Waals surface area contributed by atoms with Crippen LogP contribution in [0.5, 0.6) is 0 Å². The Morgan fingerprint density at radius 3 is 1.13 bits per heavy atom. The van der Waals surface area contributed by atoms with Gasteiger partial charge in [0.2, 0.25) is 0 Å². The van der Waals surface area contributed by atoms with Crippen molar-refractivity contribution in [1.29, 1.82) is 0 Å². The van der Waals surface area contributed by atoms with E-state index in [2.05, 4.69) is 102 Å². The summed E-state index contributed by atoms with van der Waals surface area (Å²) in [4.78, 5) is 0. The van der Waals surface area contributed by atoms with E-state index in [-0.39, 0.29) is 0 Å². The Morgan fingerprint density at radius 2 is 0.933 bits per heavy atom. The van der Waals surface area contributed by atoms with Gasteiger partial charge < -0.3 is 53.2 Å². The molecular formula is C50H90N10. The highest BCUT2D eigenvalue weighted by atomic mass is 15.0. The number of fused-ring (bicyclic) bond motifs is 6. The maximum absolute atomic E-state index is 3.46. The van der Waals surface area contributed by atoms with Crippen molar-refractivity contribution in [2.75, 3.05) is 98.2 Å². The Kier molecular flexibility index (Phi) is 23.6. The van der Waals surface area contributed by atoms with Crippen LogP contribution in [0.2, 0.25) is 0 Å². The van der Waals surface area contributed by atoms with Crippen molar-refractivity contribution in [2.45, 2.75) is 128 Å². The zero-order valence-electron chi connectivity index (χ0n) is 37.9. The third kappa shape index (κ3) is 20.7. The monoisotopic (exact) mass is 831 g/mol. The molecule has 0 aromatic heterocycles. The second-order valence-corrected chi connectivity index (χ2v) is 19.2. The lowest BCUT2D eigenvalue weighted by Crippen LogP contribution is -2.29. The van der Waals surface area contributed by atoms with Gasteiger partial charge in [-0.15, -0.1) is 0 Å². The first kappa shape index (κ1) is 47.8. The highest BCUT2D eigenvalue weighted by molar-refractivity contribution is 5.29. The molecule has 60 heavy (non-hydrogen) atoms. The van der Waals surface area contributed by atoms with Gasteiger partial charge in [0.1, 0.15) is 0 Å². The van der Waals surface area contributed by atoms with Gasteiger partial charge in [0, 0.05) is 50.8 Å². The van der Waals surface area contributed by atoms with Crippen LogP contribution in [-0.4, -0.2) is 116 Å². The van der Waals surface area contributed by atoms with Crippen LogP contribution in [-0.2, 0) is 13.1 Å². The second kappa shape index (κ2) is 29.6. The van der Waals surface area contributed by atoms with Crippen LogP contribution in [0.3, 0.4) is 0 Å². The Morgan fingerprint density at radius 1 is 0.383 bits per heavy atom. The van der Waals surface area contributed by atoms with Crippen LogP contribution in [0.15, 0.2) is 48.6 Å². The fourth-order valence-electron chi connectivity index (χ4n) is 9.41. The molecule has 15 rings (SSSR count). The smallest absolute Gasteiger partial charge is 0.0211 e. The van der Waals surface area contributed by atoms with Crippen molar-refractivity contribution >= 4 is 0 Å². The van der Waals surface area contributed by atoms with E-state index < -0.39 is 0 Å². The van der Waals surface area contributed by atoms with Crippen LogP contribution in [0.1, 0.15) is 107 Å². The molecule has 10 aliphatic heterocycles. The molecule has 10 N–H and O–H groups in total. The fourth-order valence-corrected chi connectivity index (χ4v) is 9.41. The van der Waals surface area contributed by atoms with Gasteiger partial charge in [0.05, 0.1) is 0 Å². The molecule has 14 aliphatic rings. The quantitative estimate of drug-likeness (QED) is 0.167. The van der Waals surface area contributed by atoms with Crippen molar-refractivity contribution in [1.82, 2.24) is 53.2 Å². The largest absolute Gasteiger partial charge is 0.317 e. The standard InChI is InChI=1S/C8H9N.C6H11N.3C5H9N.C5H11N.C5H9N.C4H9N.C4H7N.C3H7N/c1-2-4-8-6-9-5-7(8)3-1;1-2-6-3-5(1)4-7-6;1-4-2-6-3-5(1)4;2*1-2-6-5-3-4(1)5;2*1-2-4-6-5-3-1;2*1-2-4-5-3-1;1-2-4-3-1/h1-4,9H,5-6H2;5-7H,1-4H2;3*4-6H,1-3H2;6H,1-5H2;1-2,6H,3-5H2;5H,1-4H2;1-2,5H,3-4H2;4H,1-3H2/t;5-,6+;3*4-,5+;;;;;/m.0.10...../s1. The van der Waals surface area contributed by atoms with E-state index in [4.69, 9.17) is 0 Å². The first-order valence-electron chi connectivity index (χ1n) is 25.3. The van der Waals surface area contributed by atoms with Gasteiger partial charge in [-0.1, -0.05) is 55.0 Å². The average Bonchev–Trinajstić information content (AvgIpc) is 3.95. The molecule has 0 radical (unpaired) electrons. The minimum Gasteiger partial charge on any atom is -0.317 e. The van der Waals surface area contributed by atoms with Gasteiger partial charge in [-0.2, -0.15) is 0 Å². The van der Waals surface area contributed by atoms with Crippen molar-refractivity contribution < 1.29 is 0 Å². The normalized spacial score (nSPS) is 33.4. The summed E-state index contributed by atoms with van der Waals surface area (Å²) in [6.45, 7) is 20.5. The zero-order valence-corrected chi connectivity index (χ0v) is 37.9. The van der Waals surface area contributed by atoms with Crippen molar-refractivity contribution in [2.24, 2.45) is 29.6 Å². The van der Waals surface area contributed by atoms with E-state index >= 15 is 0 Å². The maximum Gasteiger partial charge on any atom is 0.0211 e. The van der Waals surface area contributed by atoms with E-state index in [1.807, 2.05) is 0 Å². The summed E-state index contributed by atoms with van der Waals surface area (Å²) in [7, 11) is 0. The Bertz CT molecular complexity index is 1150. The summed E-state index contributed by atoms with van der Waals surface area (Å²) >= 11 is 0. The van der Waals surface area contributed by atoms with Crippen molar-refractivity contribution in [3.63, 3.8) is 0 Å². The molecule has 2 bridgehead atoms. The number of hydrogen-bond donors (Lipinski definition) is 10. The summed E-state index contributed by atoms with van der Waals surface area (Å²) in [5, 5.41) is 32.8. The molecule has 11 fully saturated rings. The molecule has 8 atom stereocenters. The number of rotatable bonds is 0. The topological polar surface area (TPSA) is 120 Å². The highest BCUT2D eigenvalue weighted by Gasteiger charge is 2.41. The van der Waals surface area contributed by atoms with Gasteiger partial charge in [0.15, 0.2) is 0 Å². The summed E-state index contributed by atoms with van der Waals surface area (Å²) in [5.74, 6) is 5.47. The Balaban J connectivity index is 0.000000112. The molecule has 1 aromatic carbocycles. The molecule has 7 saturated heterocycles. The van der Waals surface area contributed by atoms with E-state index in [0.29, 0.717) is 0 Å².